The van der Waals surface area contributed by atoms with E-state index in [9.17, 15) is 9.59 Å². The molecule has 0 aromatic heterocycles. The van der Waals surface area contributed by atoms with Crippen LogP contribution in [0.15, 0.2) is 69.6 Å². The Hall–Kier alpha value is -3.10. The number of amides is 2. The van der Waals surface area contributed by atoms with Gasteiger partial charge in [-0.15, -0.1) is 0 Å². The lowest BCUT2D eigenvalue weighted by atomic mass is 10.0. The predicted octanol–water partition coefficient (Wildman–Crippen LogP) is 6.72. The van der Waals surface area contributed by atoms with Crippen LogP contribution in [0.1, 0.15) is 30.4 Å². The second kappa shape index (κ2) is 13.8. The molecule has 0 bridgehead atoms. The maximum Gasteiger partial charge on any atom is 0.224 e. The molecule has 0 heterocycles. The summed E-state index contributed by atoms with van der Waals surface area (Å²) in [6, 6.07) is 19.8. The van der Waals surface area contributed by atoms with Gasteiger partial charge in [0.2, 0.25) is 11.8 Å². The first-order chi connectivity index (χ1) is 18.9. The molecule has 0 fully saturated rings. The highest BCUT2D eigenvalue weighted by molar-refractivity contribution is 9.10. The Morgan fingerprint density at radius 2 is 1.08 bits per heavy atom. The van der Waals surface area contributed by atoms with Crippen LogP contribution in [0, 0.1) is 0 Å². The van der Waals surface area contributed by atoms with Gasteiger partial charge in [-0.3, -0.25) is 9.59 Å². The average molecular weight is 656 g/mol. The molecule has 0 atom stereocenters. The van der Waals surface area contributed by atoms with E-state index in [2.05, 4.69) is 42.5 Å². The number of hydrogen-bond acceptors (Lipinski definition) is 4. The van der Waals surface area contributed by atoms with E-state index in [0.29, 0.717) is 24.6 Å². The summed E-state index contributed by atoms with van der Waals surface area (Å²) < 4.78 is 13.0. The summed E-state index contributed by atoms with van der Waals surface area (Å²) in [4.78, 5) is 25.3. The van der Waals surface area contributed by atoms with E-state index in [1.807, 2.05) is 60.7 Å². The summed E-state index contributed by atoms with van der Waals surface area (Å²) in [6.07, 6.45) is 3.10. The highest BCUT2D eigenvalue weighted by Crippen LogP contribution is 2.31. The Morgan fingerprint density at radius 3 is 1.49 bits per heavy atom. The van der Waals surface area contributed by atoms with Crippen molar-refractivity contribution in [1.82, 2.24) is 10.6 Å². The van der Waals surface area contributed by atoms with Crippen molar-refractivity contribution in [3.63, 3.8) is 0 Å². The zero-order valence-electron chi connectivity index (χ0n) is 22.1. The van der Waals surface area contributed by atoms with E-state index in [-0.39, 0.29) is 24.7 Å². The fourth-order valence-electron chi connectivity index (χ4n) is 4.77. The molecular formula is C31H32Br2N2O4. The van der Waals surface area contributed by atoms with Crippen LogP contribution in [-0.2, 0) is 22.4 Å². The summed E-state index contributed by atoms with van der Waals surface area (Å²) in [5.41, 5.74) is 1.77. The van der Waals surface area contributed by atoms with E-state index in [4.69, 9.17) is 9.47 Å². The number of rotatable bonds is 12. The highest BCUT2D eigenvalue weighted by atomic mass is 79.9. The van der Waals surface area contributed by atoms with Crippen LogP contribution < -0.4 is 20.1 Å². The standard InChI is InChI=1S/C31H32Br2N2O4/c1-38-28-12-6-20-16-22(32)8-10-24(20)26(28)18-30(36)34-14-4-3-5-15-35-31(37)19-27-25-11-9-23(33)17-21(25)7-13-29(27)39-2/h6-13,16-17H,3-5,14-15,18-19H2,1-2H3,(H,34,36)(H,35,37). The second-order valence-electron chi connectivity index (χ2n) is 9.34. The Labute approximate surface area is 245 Å². The number of fused-ring (bicyclic) bond motifs is 2. The molecule has 8 heteroatoms. The van der Waals surface area contributed by atoms with E-state index in [1.165, 1.54) is 0 Å². The molecule has 39 heavy (non-hydrogen) atoms. The van der Waals surface area contributed by atoms with Gasteiger partial charge in [-0.25, -0.2) is 0 Å². The number of methoxy groups -OCH3 is 2. The van der Waals surface area contributed by atoms with Gasteiger partial charge >= 0.3 is 0 Å². The molecule has 4 aromatic carbocycles. The molecule has 0 unspecified atom stereocenters. The van der Waals surface area contributed by atoms with Crippen molar-refractivity contribution in [2.75, 3.05) is 27.3 Å². The Balaban J connectivity index is 1.20. The third-order valence-electron chi connectivity index (χ3n) is 6.71. The molecule has 0 aliphatic carbocycles. The van der Waals surface area contributed by atoms with E-state index >= 15 is 0 Å². The van der Waals surface area contributed by atoms with Crippen LogP contribution in [0.2, 0.25) is 0 Å². The zero-order chi connectivity index (χ0) is 27.8. The number of halogens is 2. The molecule has 0 radical (unpaired) electrons. The van der Waals surface area contributed by atoms with Crippen molar-refractivity contribution in [1.29, 1.82) is 0 Å². The van der Waals surface area contributed by atoms with Crippen molar-refractivity contribution >= 4 is 65.2 Å². The maximum absolute atomic E-state index is 12.7. The minimum atomic E-state index is -0.0342. The van der Waals surface area contributed by atoms with Crippen molar-refractivity contribution < 1.29 is 19.1 Å². The van der Waals surface area contributed by atoms with Gasteiger partial charge in [0.15, 0.2) is 0 Å². The topological polar surface area (TPSA) is 76.7 Å². The third-order valence-corrected chi connectivity index (χ3v) is 7.70. The van der Waals surface area contributed by atoms with Crippen LogP contribution in [0.5, 0.6) is 11.5 Å². The normalized spacial score (nSPS) is 11.0. The maximum atomic E-state index is 12.7. The van der Waals surface area contributed by atoms with Crippen LogP contribution in [-0.4, -0.2) is 39.1 Å². The second-order valence-corrected chi connectivity index (χ2v) is 11.2. The van der Waals surface area contributed by atoms with Gasteiger partial charge in [-0.2, -0.15) is 0 Å². The predicted molar refractivity (Wildman–Crippen MR) is 164 cm³/mol. The average Bonchev–Trinajstić information content (AvgIpc) is 2.92. The molecule has 6 nitrogen and oxygen atoms in total. The summed E-state index contributed by atoms with van der Waals surface area (Å²) >= 11 is 7.00. The third kappa shape index (κ3) is 7.51. The molecule has 0 spiro atoms. The first-order valence-corrected chi connectivity index (χ1v) is 14.5. The lowest BCUT2D eigenvalue weighted by Crippen LogP contribution is -2.27. The molecule has 0 aliphatic heterocycles. The van der Waals surface area contributed by atoms with E-state index < -0.39 is 0 Å². The number of unbranched alkanes of at least 4 members (excludes halogenated alkanes) is 2. The summed E-state index contributed by atoms with van der Waals surface area (Å²) in [5, 5.41) is 10.2. The molecular weight excluding hydrogens is 624 g/mol. The molecule has 4 rings (SSSR count). The molecule has 2 amide bonds. The number of ether oxygens (including phenoxy) is 2. The molecule has 0 aliphatic rings. The Morgan fingerprint density at radius 1 is 0.641 bits per heavy atom. The van der Waals surface area contributed by atoms with Crippen molar-refractivity contribution in [2.45, 2.75) is 32.1 Å². The van der Waals surface area contributed by atoms with Gasteiger partial charge in [0, 0.05) is 33.2 Å². The van der Waals surface area contributed by atoms with Crippen LogP contribution >= 0.6 is 31.9 Å². The SMILES string of the molecule is COc1ccc2cc(Br)ccc2c1CC(=O)NCCCCCNC(=O)Cc1c(OC)ccc2cc(Br)ccc12. The van der Waals surface area contributed by atoms with Gasteiger partial charge in [0.1, 0.15) is 11.5 Å². The number of nitrogens with one attached hydrogen (secondary N) is 2. The van der Waals surface area contributed by atoms with Crippen molar-refractivity contribution in [3.05, 3.63) is 80.7 Å². The lowest BCUT2D eigenvalue weighted by Gasteiger charge is -2.13. The number of hydrogen-bond donors (Lipinski definition) is 2. The van der Waals surface area contributed by atoms with Crippen LogP contribution in [0.4, 0.5) is 0 Å². The number of carbonyl (C=O) groups excluding carboxylic acids is 2. The molecule has 204 valence electrons. The van der Waals surface area contributed by atoms with Gasteiger partial charge in [0.05, 0.1) is 27.1 Å². The molecule has 0 saturated carbocycles. The summed E-state index contributed by atoms with van der Waals surface area (Å²) in [7, 11) is 3.25. The van der Waals surface area contributed by atoms with Crippen LogP contribution in [0.3, 0.4) is 0 Å². The van der Waals surface area contributed by atoms with E-state index in [0.717, 1.165) is 60.9 Å². The molecule has 0 saturated heterocycles. The number of carbonyl (C=O) groups is 2. The largest absolute Gasteiger partial charge is 0.496 e. The minimum absolute atomic E-state index is 0.0342. The first-order valence-electron chi connectivity index (χ1n) is 12.9. The monoisotopic (exact) mass is 654 g/mol. The fourth-order valence-corrected chi connectivity index (χ4v) is 5.52. The van der Waals surface area contributed by atoms with E-state index in [1.54, 1.807) is 14.2 Å². The quantitative estimate of drug-likeness (QED) is 0.166. The Kier molecular flexibility index (Phi) is 10.2. The number of benzene rings is 4. The van der Waals surface area contributed by atoms with Crippen molar-refractivity contribution in [2.24, 2.45) is 0 Å². The van der Waals surface area contributed by atoms with Gasteiger partial charge in [0.25, 0.3) is 0 Å². The molecule has 2 N–H and O–H groups in total. The van der Waals surface area contributed by atoms with Gasteiger partial charge in [-0.1, -0.05) is 56.1 Å². The summed E-state index contributed by atoms with van der Waals surface area (Å²) in [6.45, 7) is 1.18. The smallest absolute Gasteiger partial charge is 0.224 e. The van der Waals surface area contributed by atoms with Crippen molar-refractivity contribution in [3.8, 4) is 11.5 Å². The summed E-state index contributed by atoms with van der Waals surface area (Å²) in [5.74, 6) is 1.36. The fraction of sp³-hybridized carbons (Fsp3) is 0.290. The van der Waals surface area contributed by atoms with Gasteiger partial charge in [-0.05, 0) is 77.2 Å². The van der Waals surface area contributed by atoms with Crippen LogP contribution in [0.25, 0.3) is 21.5 Å². The highest BCUT2D eigenvalue weighted by Gasteiger charge is 2.14. The minimum Gasteiger partial charge on any atom is -0.496 e. The van der Waals surface area contributed by atoms with Gasteiger partial charge < -0.3 is 20.1 Å². The zero-order valence-corrected chi connectivity index (χ0v) is 25.3. The first kappa shape index (κ1) is 28.9. The molecule has 4 aromatic rings. The lowest BCUT2D eigenvalue weighted by molar-refractivity contribution is -0.121. The Bertz CT molecular complexity index is 1380.